The third-order valence-electron chi connectivity index (χ3n) is 2.45. The van der Waals surface area contributed by atoms with Crippen LogP contribution in [-0.4, -0.2) is 11.5 Å². The quantitative estimate of drug-likeness (QED) is 0.468. The molecule has 0 unspecified atom stereocenters. The molecule has 0 aliphatic rings. The number of pyridine rings is 1. The summed E-state index contributed by atoms with van der Waals surface area (Å²) in [4.78, 5) is 11.9. The number of Topliss-reactive ketones (excluding diaryl/α,β-unsaturated/α-hetero) is 1. The SMILES string of the molecule is C[n+]1ccccc1SCC(=O)c1ccccc1. The second-order valence-corrected chi connectivity index (χ2v) is 4.72. The van der Waals surface area contributed by atoms with Crippen LogP contribution in [0.5, 0.6) is 0 Å². The van der Waals surface area contributed by atoms with Gasteiger partial charge in [-0.1, -0.05) is 30.3 Å². The second-order valence-electron chi connectivity index (χ2n) is 3.73. The van der Waals surface area contributed by atoms with E-state index >= 15 is 0 Å². The van der Waals surface area contributed by atoms with Crippen molar-refractivity contribution in [2.45, 2.75) is 5.03 Å². The lowest BCUT2D eigenvalue weighted by molar-refractivity contribution is -0.708. The number of hydrogen-bond donors (Lipinski definition) is 0. The number of hydrogen-bond acceptors (Lipinski definition) is 2. The van der Waals surface area contributed by atoms with Crippen LogP contribution in [0.1, 0.15) is 10.4 Å². The van der Waals surface area contributed by atoms with E-state index in [0.717, 1.165) is 10.6 Å². The van der Waals surface area contributed by atoms with Gasteiger partial charge in [0, 0.05) is 17.7 Å². The molecule has 0 fully saturated rings. The molecule has 1 heterocycles. The Hall–Kier alpha value is -1.61. The fraction of sp³-hybridized carbons (Fsp3) is 0.143. The fourth-order valence-corrected chi connectivity index (χ4v) is 2.39. The zero-order valence-corrected chi connectivity index (χ0v) is 10.5. The number of nitrogens with zero attached hydrogens (tertiary/aromatic N) is 1. The smallest absolute Gasteiger partial charge is 0.240 e. The molecular formula is C14H14NOS+. The van der Waals surface area contributed by atoms with Crippen LogP contribution in [0, 0.1) is 0 Å². The molecule has 3 heteroatoms. The highest BCUT2D eigenvalue weighted by atomic mass is 32.2. The van der Waals surface area contributed by atoms with Gasteiger partial charge in [-0.2, -0.15) is 4.57 Å². The van der Waals surface area contributed by atoms with E-state index in [4.69, 9.17) is 0 Å². The molecule has 2 aromatic rings. The minimum Gasteiger partial charge on any atom is -0.293 e. The lowest BCUT2D eigenvalue weighted by Gasteiger charge is -2.00. The highest BCUT2D eigenvalue weighted by molar-refractivity contribution is 7.99. The lowest BCUT2D eigenvalue weighted by atomic mass is 10.2. The van der Waals surface area contributed by atoms with Crippen molar-refractivity contribution >= 4 is 17.5 Å². The summed E-state index contributed by atoms with van der Waals surface area (Å²) in [5.41, 5.74) is 0.776. The first kappa shape index (κ1) is 11.9. The van der Waals surface area contributed by atoms with Crippen molar-refractivity contribution in [3.8, 4) is 0 Å². The van der Waals surface area contributed by atoms with E-state index in [1.54, 1.807) is 11.8 Å². The van der Waals surface area contributed by atoms with Crippen LogP contribution >= 0.6 is 11.8 Å². The first-order chi connectivity index (χ1) is 8.27. The molecule has 0 N–H and O–H groups in total. The minimum atomic E-state index is 0.166. The highest BCUT2D eigenvalue weighted by Gasteiger charge is 2.10. The van der Waals surface area contributed by atoms with E-state index in [2.05, 4.69) is 0 Å². The molecule has 0 aliphatic carbocycles. The van der Waals surface area contributed by atoms with Crippen molar-refractivity contribution in [1.29, 1.82) is 0 Å². The summed E-state index contributed by atoms with van der Waals surface area (Å²) in [7, 11) is 1.98. The Kier molecular flexibility index (Phi) is 3.94. The Morgan fingerprint density at radius 2 is 1.82 bits per heavy atom. The first-order valence-corrected chi connectivity index (χ1v) is 6.41. The zero-order valence-electron chi connectivity index (χ0n) is 9.67. The molecule has 0 amide bonds. The Labute approximate surface area is 105 Å². The van der Waals surface area contributed by atoms with E-state index in [9.17, 15) is 4.79 Å². The maximum absolute atomic E-state index is 11.9. The van der Waals surface area contributed by atoms with Gasteiger partial charge in [0.05, 0.1) is 5.75 Å². The number of aromatic nitrogens is 1. The predicted molar refractivity (Wildman–Crippen MR) is 69.1 cm³/mol. The number of carbonyl (C=O) groups is 1. The fourth-order valence-electron chi connectivity index (χ4n) is 1.50. The normalized spacial score (nSPS) is 10.2. The molecule has 0 atom stereocenters. The molecule has 0 saturated heterocycles. The number of thioether (sulfide) groups is 1. The van der Waals surface area contributed by atoms with Gasteiger partial charge >= 0.3 is 0 Å². The van der Waals surface area contributed by atoms with Crippen molar-refractivity contribution in [3.63, 3.8) is 0 Å². The van der Waals surface area contributed by atoms with Crippen LogP contribution < -0.4 is 4.57 Å². The maximum atomic E-state index is 11.9. The van der Waals surface area contributed by atoms with E-state index in [-0.39, 0.29) is 5.78 Å². The van der Waals surface area contributed by atoms with E-state index < -0.39 is 0 Å². The van der Waals surface area contributed by atoms with Gasteiger partial charge in [0.25, 0.3) is 0 Å². The molecule has 0 spiro atoms. The van der Waals surface area contributed by atoms with Gasteiger partial charge < -0.3 is 0 Å². The molecule has 0 aliphatic heterocycles. The van der Waals surface area contributed by atoms with Crippen molar-refractivity contribution in [1.82, 2.24) is 0 Å². The third kappa shape index (κ3) is 3.17. The van der Waals surface area contributed by atoms with Crippen LogP contribution in [0.25, 0.3) is 0 Å². The number of aryl methyl sites for hydroxylation is 1. The van der Waals surface area contributed by atoms with E-state index in [0.29, 0.717) is 5.75 Å². The summed E-state index contributed by atoms with van der Waals surface area (Å²) in [5, 5.41) is 1.09. The summed E-state index contributed by atoms with van der Waals surface area (Å²) >= 11 is 1.56. The number of rotatable bonds is 4. The minimum absolute atomic E-state index is 0.166. The van der Waals surface area contributed by atoms with Gasteiger partial charge in [-0.3, -0.25) is 4.79 Å². The van der Waals surface area contributed by atoms with Crippen molar-refractivity contribution in [3.05, 3.63) is 60.3 Å². The molecule has 86 valence electrons. The summed E-state index contributed by atoms with van der Waals surface area (Å²) in [6.45, 7) is 0. The Morgan fingerprint density at radius 3 is 2.53 bits per heavy atom. The molecule has 2 nitrogen and oxygen atoms in total. The summed E-state index contributed by atoms with van der Waals surface area (Å²) in [6.07, 6.45) is 1.98. The largest absolute Gasteiger partial charge is 0.293 e. The molecule has 1 aromatic carbocycles. The Bertz CT molecular complexity index is 511. The summed E-state index contributed by atoms with van der Waals surface area (Å²) < 4.78 is 2.02. The molecule has 0 radical (unpaired) electrons. The average molecular weight is 244 g/mol. The van der Waals surface area contributed by atoms with E-state index in [1.165, 1.54) is 0 Å². The van der Waals surface area contributed by atoms with Gasteiger partial charge in [0.1, 0.15) is 7.05 Å². The van der Waals surface area contributed by atoms with Crippen molar-refractivity contribution in [2.24, 2.45) is 7.05 Å². The summed E-state index contributed by atoms with van der Waals surface area (Å²) in [6, 6.07) is 15.4. The number of ketones is 1. The highest BCUT2D eigenvalue weighted by Crippen LogP contribution is 2.14. The van der Waals surface area contributed by atoms with Crippen LogP contribution in [0.3, 0.4) is 0 Å². The Balaban J connectivity index is 2.00. The van der Waals surface area contributed by atoms with Crippen molar-refractivity contribution < 1.29 is 9.36 Å². The van der Waals surface area contributed by atoms with Gasteiger partial charge in [-0.25, -0.2) is 0 Å². The third-order valence-corrected chi connectivity index (χ3v) is 3.58. The predicted octanol–water partition coefficient (Wildman–Crippen LogP) is 2.49. The Morgan fingerprint density at radius 1 is 1.12 bits per heavy atom. The number of carbonyl (C=O) groups excluding carboxylic acids is 1. The van der Waals surface area contributed by atoms with Crippen LogP contribution in [0.2, 0.25) is 0 Å². The second kappa shape index (κ2) is 5.64. The molecule has 0 saturated carbocycles. The molecule has 1 aromatic heterocycles. The van der Waals surface area contributed by atoms with Gasteiger partial charge in [-0.05, 0) is 17.8 Å². The monoisotopic (exact) mass is 244 g/mol. The van der Waals surface area contributed by atoms with Crippen LogP contribution in [0.15, 0.2) is 59.8 Å². The van der Waals surface area contributed by atoms with Crippen LogP contribution in [0.4, 0.5) is 0 Å². The van der Waals surface area contributed by atoms with Gasteiger partial charge in [0.15, 0.2) is 12.0 Å². The van der Waals surface area contributed by atoms with Crippen LogP contribution in [-0.2, 0) is 7.05 Å². The van der Waals surface area contributed by atoms with Gasteiger partial charge in [0.2, 0.25) is 5.03 Å². The maximum Gasteiger partial charge on any atom is 0.240 e. The molecule has 0 bridgehead atoms. The number of benzene rings is 1. The van der Waals surface area contributed by atoms with Crippen molar-refractivity contribution in [2.75, 3.05) is 5.75 Å². The standard InChI is InChI=1S/C14H14NOS/c1-15-10-6-5-9-14(15)17-11-13(16)12-7-3-2-4-8-12/h2-10H,11H2,1H3/q+1. The van der Waals surface area contributed by atoms with Gasteiger partial charge in [-0.15, -0.1) is 0 Å². The molecule has 2 rings (SSSR count). The summed E-state index contributed by atoms with van der Waals surface area (Å²) in [5.74, 6) is 0.640. The van der Waals surface area contributed by atoms with E-state index in [1.807, 2.05) is 66.3 Å². The topological polar surface area (TPSA) is 20.9 Å². The first-order valence-electron chi connectivity index (χ1n) is 5.43. The lowest BCUT2D eigenvalue weighted by Crippen LogP contribution is -2.30. The average Bonchev–Trinajstić information content (AvgIpc) is 2.38. The molecule has 17 heavy (non-hydrogen) atoms. The zero-order chi connectivity index (χ0) is 12.1. The molecular weight excluding hydrogens is 230 g/mol.